The minimum atomic E-state index is -1.50. The van der Waals surface area contributed by atoms with E-state index in [-0.39, 0.29) is 25.2 Å². The van der Waals surface area contributed by atoms with E-state index in [0.29, 0.717) is 5.69 Å². The summed E-state index contributed by atoms with van der Waals surface area (Å²) in [6, 6.07) is 0. The molecule has 0 spiro atoms. The molecule has 9 N–H and O–H groups in total. The van der Waals surface area contributed by atoms with Crippen LogP contribution < -0.4 is 11.5 Å². The Morgan fingerprint density at radius 1 is 0.905 bits per heavy atom. The van der Waals surface area contributed by atoms with Crippen LogP contribution in [0.1, 0.15) is 17.5 Å². The second kappa shape index (κ2) is 8.29. The summed E-state index contributed by atoms with van der Waals surface area (Å²) in [7, 11) is 0. The predicted molar refractivity (Wildman–Crippen MR) is 72.8 cm³/mol. The highest BCUT2D eigenvalue weighted by Crippen LogP contribution is 2.17. The molecule has 120 valence electrons. The van der Waals surface area contributed by atoms with Gasteiger partial charge in [-0.25, -0.2) is 0 Å². The molecule has 0 fully saturated rings. The molecule has 0 bridgehead atoms. The van der Waals surface area contributed by atoms with Crippen molar-refractivity contribution in [3.8, 4) is 0 Å². The molecule has 1 rings (SSSR count). The molecule has 0 aromatic carbocycles. The monoisotopic (exact) mass is 302 g/mol. The fourth-order valence-corrected chi connectivity index (χ4v) is 1.70. The maximum atomic E-state index is 9.90. The number of aliphatic hydroxyl groups excluding tert-OH is 5. The normalized spacial score (nSPS) is 18.8. The topological polar surface area (TPSA) is 179 Å². The summed E-state index contributed by atoms with van der Waals surface area (Å²) in [6.07, 6.45) is -3.90. The number of nitrogens with zero attached hydrogens (tertiary/aromatic N) is 2. The third-order valence-corrected chi connectivity index (χ3v) is 3.07. The molecule has 0 unspecified atom stereocenters. The molecular weight excluding hydrogens is 280 g/mol. The van der Waals surface area contributed by atoms with Gasteiger partial charge in [0.05, 0.1) is 35.9 Å². The molecule has 0 aliphatic rings. The fourth-order valence-electron chi connectivity index (χ4n) is 1.70. The SMILES string of the molecule is NC[C@H](O)[C@@H](O)[C@H](O)c1cncc(C[C@H](O)[C@@H](O)CN)n1. The summed E-state index contributed by atoms with van der Waals surface area (Å²) in [4.78, 5) is 7.87. The predicted octanol–water partition coefficient (Wildman–Crippen LogP) is -3.59. The van der Waals surface area contributed by atoms with Crippen molar-refractivity contribution in [1.29, 1.82) is 0 Å². The van der Waals surface area contributed by atoms with Gasteiger partial charge in [0.15, 0.2) is 0 Å². The number of hydrogen-bond donors (Lipinski definition) is 7. The van der Waals surface area contributed by atoms with E-state index < -0.39 is 30.5 Å². The highest BCUT2D eigenvalue weighted by atomic mass is 16.4. The van der Waals surface area contributed by atoms with Gasteiger partial charge in [0, 0.05) is 25.7 Å². The van der Waals surface area contributed by atoms with E-state index in [0.717, 1.165) is 0 Å². The molecule has 0 saturated carbocycles. The smallest absolute Gasteiger partial charge is 0.126 e. The highest BCUT2D eigenvalue weighted by Gasteiger charge is 2.26. The molecule has 1 aromatic rings. The Labute approximate surface area is 121 Å². The third kappa shape index (κ3) is 4.93. The molecule has 9 heteroatoms. The Hall–Kier alpha value is -1.20. The zero-order valence-corrected chi connectivity index (χ0v) is 11.4. The van der Waals surface area contributed by atoms with Crippen molar-refractivity contribution in [3.05, 3.63) is 23.8 Å². The summed E-state index contributed by atoms with van der Waals surface area (Å²) in [5, 5.41) is 48.1. The van der Waals surface area contributed by atoms with E-state index in [1.54, 1.807) is 0 Å². The average Bonchev–Trinajstić information content (AvgIpc) is 2.51. The number of rotatable bonds is 8. The molecule has 1 aromatic heterocycles. The van der Waals surface area contributed by atoms with Crippen LogP contribution in [0.2, 0.25) is 0 Å². The molecule has 0 radical (unpaired) electrons. The van der Waals surface area contributed by atoms with Crippen LogP contribution >= 0.6 is 0 Å². The second-order valence-electron chi connectivity index (χ2n) is 4.75. The molecule has 1 heterocycles. The van der Waals surface area contributed by atoms with E-state index in [2.05, 4.69) is 9.97 Å². The van der Waals surface area contributed by atoms with Crippen LogP contribution in [0.4, 0.5) is 0 Å². The number of hydrogen-bond acceptors (Lipinski definition) is 9. The number of aliphatic hydroxyl groups is 5. The second-order valence-corrected chi connectivity index (χ2v) is 4.75. The average molecular weight is 302 g/mol. The Morgan fingerprint density at radius 2 is 1.52 bits per heavy atom. The summed E-state index contributed by atoms with van der Waals surface area (Å²) >= 11 is 0. The fraction of sp³-hybridized carbons (Fsp3) is 0.667. The zero-order chi connectivity index (χ0) is 16.0. The molecule has 21 heavy (non-hydrogen) atoms. The summed E-state index contributed by atoms with van der Waals surface area (Å²) in [5.74, 6) is 0. The van der Waals surface area contributed by atoms with Gasteiger partial charge in [-0.2, -0.15) is 0 Å². The number of nitrogens with two attached hydrogens (primary N) is 2. The van der Waals surface area contributed by atoms with Gasteiger partial charge in [0.2, 0.25) is 0 Å². The van der Waals surface area contributed by atoms with Crippen LogP contribution in [0.5, 0.6) is 0 Å². The van der Waals surface area contributed by atoms with E-state index in [4.69, 9.17) is 11.5 Å². The lowest BCUT2D eigenvalue weighted by atomic mass is 10.0. The first-order valence-corrected chi connectivity index (χ1v) is 6.52. The van der Waals surface area contributed by atoms with Crippen molar-refractivity contribution in [2.75, 3.05) is 13.1 Å². The van der Waals surface area contributed by atoms with Crippen LogP contribution in [0.25, 0.3) is 0 Å². The maximum absolute atomic E-state index is 9.90. The van der Waals surface area contributed by atoms with Gasteiger partial charge in [0.25, 0.3) is 0 Å². The third-order valence-electron chi connectivity index (χ3n) is 3.07. The largest absolute Gasteiger partial charge is 0.390 e. The first kappa shape index (κ1) is 17.9. The van der Waals surface area contributed by atoms with E-state index in [1.807, 2.05) is 0 Å². The zero-order valence-electron chi connectivity index (χ0n) is 11.4. The van der Waals surface area contributed by atoms with Crippen molar-refractivity contribution in [3.63, 3.8) is 0 Å². The van der Waals surface area contributed by atoms with Gasteiger partial charge < -0.3 is 37.0 Å². The van der Waals surface area contributed by atoms with Crippen molar-refractivity contribution < 1.29 is 25.5 Å². The van der Waals surface area contributed by atoms with Gasteiger partial charge in [-0.1, -0.05) is 0 Å². The van der Waals surface area contributed by atoms with Crippen molar-refractivity contribution in [2.24, 2.45) is 11.5 Å². The van der Waals surface area contributed by atoms with Crippen LogP contribution in [0, 0.1) is 0 Å². The summed E-state index contributed by atoms with van der Waals surface area (Å²) < 4.78 is 0. The van der Waals surface area contributed by atoms with Crippen LogP contribution in [0.3, 0.4) is 0 Å². The van der Waals surface area contributed by atoms with Crippen LogP contribution in [0.15, 0.2) is 12.4 Å². The summed E-state index contributed by atoms with van der Waals surface area (Å²) in [6.45, 7) is -0.314. The summed E-state index contributed by atoms with van der Waals surface area (Å²) in [5.41, 5.74) is 10.8. The Kier molecular flexibility index (Phi) is 7.05. The molecule has 5 atom stereocenters. The van der Waals surface area contributed by atoms with Crippen molar-refractivity contribution >= 4 is 0 Å². The first-order valence-electron chi connectivity index (χ1n) is 6.52. The molecule has 0 amide bonds. The van der Waals surface area contributed by atoms with Gasteiger partial charge in [-0.15, -0.1) is 0 Å². The van der Waals surface area contributed by atoms with Gasteiger partial charge >= 0.3 is 0 Å². The Morgan fingerprint density at radius 3 is 2.10 bits per heavy atom. The standard InChI is InChI=1S/C12H22N4O5/c13-2-9(18)8(17)1-6-4-15-5-7(16-6)11(20)12(21)10(19)3-14/h4-5,8-12,17-21H,1-3,13-14H2/t8-,9-,10-,11+,12+/m0/s1. The minimum absolute atomic E-state index is 0.0124. The van der Waals surface area contributed by atoms with E-state index in [1.165, 1.54) is 12.4 Å². The van der Waals surface area contributed by atoms with E-state index in [9.17, 15) is 25.5 Å². The lowest BCUT2D eigenvalue weighted by Gasteiger charge is -2.22. The van der Waals surface area contributed by atoms with Crippen LogP contribution in [-0.2, 0) is 6.42 Å². The highest BCUT2D eigenvalue weighted by molar-refractivity contribution is 5.09. The lowest BCUT2D eigenvalue weighted by molar-refractivity contribution is -0.0584. The quantitative estimate of drug-likeness (QED) is 0.255. The Balaban J connectivity index is 2.80. The van der Waals surface area contributed by atoms with Crippen molar-refractivity contribution in [2.45, 2.75) is 36.9 Å². The minimum Gasteiger partial charge on any atom is -0.390 e. The molecule has 0 aliphatic heterocycles. The molecular formula is C12H22N4O5. The van der Waals surface area contributed by atoms with Crippen LogP contribution in [-0.4, -0.2) is 73.0 Å². The maximum Gasteiger partial charge on any atom is 0.126 e. The molecule has 9 nitrogen and oxygen atoms in total. The van der Waals surface area contributed by atoms with Gasteiger partial charge in [0.1, 0.15) is 12.2 Å². The first-order chi connectivity index (χ1) is 9.90. The van der Waals surface area contributed by atoms with Gasteiger partial charge in [-0.3, -0.25) is 9.97 Å². The van der Waals surface area contributed by atoms with Gasteiger partial charge in [-0.05, 0) is 0 Å². The Bertz CT molecular complexity index is 436. The molecule has 0 aliphatic carbocycles. The van der Waals surface area contributed by atoms with E-state index >= 15 is 0 Å². The van der Waals surface area contributed by atoms with Crippen molar-refractivity contribution in [1.82, 2.24) is 9.97 Å². The molecule has 0 saturated heterocycles. The lowest BCUT2D eigenvalue weighted by Crippen LogP contribution is -2.38. The number of aromatic nitrogens is 2.